The van der Waals surface area contributed by atoms with Crippen molar-refractivity contribution in [3.8, 4) is 0 Å². The Morgan fingerprint density at radius 1 is 1.06 bits per heavy atom. The Kier molecular flexibility index (Phi) is 6.37. The first kappa shape index (κ1) is 22.5. The van der Waals surface area contributed by atoms with E-state index >= 15 is 0 Å². The van der Waals surface area contributed by atoms with Gasteiger partial charge in [0.1, 0.15) is 6.54 Å². The lowest BCUT2D eigenvalue weighted by Gasteiger charge is -2.29. The molecule has 2 aromatic carbocycles. The first-order chi connectivity index (χ1) is 15.2. The van der Waals surface area contributed by atoms with Crippen molar-refractivity contribution >= 4 is 44.1 Å². The zero-order valence-electron chi connectivity index (χ0n) is 17.6. The molecule has 9 heteroatoms. The van der Waals surface area contributed by atoms with Crippen LogP contribution in [0.5, 0.6) is 0 Å². The summed E-state index contributed by atoms with van der Waals surface area (Å²) in [5.41, 5.74) is 0.719. The number of fused-ring (bicyclic) bond motifs is 1. The van der Waals surface area contributed by atoms with Crippen LogP contribution in [0, 0.1) is 5.92 Å². The van der Waals surface area contributed by atoms with Crippen molar-refractivity contribution in [2.75, 3.05) is 18.4 Å². The third-order valence-corrected chi connectivity index (χ3v) is 7.92. The molecule has 3 aromatic rings. The number of hydrogen-bond acceptors (Lipinski definition) is 4. The summed E-state index contributed by atoms with van der Waals surface area (Å²) in [6.07, 6.45) is 1.68. The molecule has 0 unspecified atom stereocenters. The average molecular weight is 474 g/mol. The molecule has 0 bridgehead atoms. The van der Waals surface area contributed by atoms with Crippen LogP contribution < -0.4 is 10.9 Å². The Bertz CT molecular complexity index is 1310. The third-order valence-electron chi connectivity index (χ3n) is 5.77. The van der Waals surface area contributed by atoms with Crippen LogP contribution in [0.25, 0.3) is 10.9 Å². The van der Waals surface area contributed by atoms with Crippen LogP contribution in [-0.4, -0.2) is 36.3 Å². The summed E-state index contributed by atoms with van der Waals surface area (Å²) in [4.78, 5) is 25.2. The molecule has 0 atom stereocenters. The minimum absolute atomic E-state index is 0.190. The summed E-state index contributed by atoms with van der Waals surface area (Å²) in [7, 11) is -3.61. The zero-order chi connectivity index (χ0) is 22.9. The van der Waals surface area contributed by atoms with Gasteiger partial charge in [0.15, 0.2) is 0 Å². The Morgan fingerprint density at radius 3 is 2.44 bits per heavy atom. The van der Waals surface area contributed by atoms with E-state index in [1.165, 1.54) is 21.0 Å². The number of nitrogens with one attached hydrogen (secondary N) is 1. The predicted octanol–water partition coefficient (Wildman–Crippen LogP) is 3.71. The standard InChI is InChI=1S/C23H24ClN3O4S/c1-16-10-12-26(13-11-16)32(30,31)20-7-8-21-17(14-20)2-9-23(29)27(21)15-22(28)25-19-5-3-18(24)4-6-19/h2-9,14,16H,10-13,15H2,1H3,(H,25,28). The van der Waals surface area contributed by atoms with E-state index in [4.69, 9.17) is 11.6 Å². The number of benzene rings is 2. The van der Waals surface area contributed by atoms with Crippen LogP contribution in [0.3, 0.4) is 0 Å². The van der Waals surface area contributed by atoms with Crippen molar-refractivity contribution in [3.63, 3.8) is 0 Å². The molecule has 1 amide bonds. The lowest BCUT2D eigenvalue weighted by Crippen LogP contribution is -2.37. The summed E-state index contributed by atoms with van der Waals surface area (Å²) in [6, 6.07) is 14.2. The van der Waals surface area contributed by atoms with Crippen LogP contribution in [0.4, 0.5) is 5.69 Å². The van der Waals surface area contributed by atoms with E-state index in [9.17, 15) is 18.0 Å². The number of aromatic nitrogens is 1. The molecule has 1 aromatic heterocycles. The smallest absolute Gasteiger partial charge is 0.251 e. The number of piperidine rings is 1. The molecule has 0 saturated carbocycles. The number of pyridine rings is 1. The summed E-state index contributed by atoms with van der Waals surface area (Å²) in [6.45, 7) is 2.94. The monoisotopic (exact) mass is 473 g/mol. The second-order valence-corrected chi connectivity index (χ2v) is 10.5. The fourth-order valence-electron chi connectivity index (χ4n) is 3.86. The second kappa shape index (κ2) is 9.05. The largest absolute Gasteiger partial charge is 0.325 e. The van der Waals surface area contributed by atoms with Gasteiger partial charge in [-0.15, -0.1) is 0 Å². The fraction of sp³-hybridized carbons (Fsp3) is 0.304. The molecule has 1 N–H and O–H groups in total. The van der Waals surface area contributed by atoms with Gasteiger partial charge in [0.25, 0.3) is 5.56 Å². The van der Waals surface area contributed by atoms with E-state index < -0.39 is 10.0 Å². The highest BCUT2D eigenvalue weighted by atomic mass is 35.5. The Morgan fingerprint density at radius 2 is 1.75 bits per heavy atom. The van der Waals surface area contributed by atoms with Crippen molar-refractivity contribution in [2.24, 2.45) is 5.92 Å². The van der Waals surface area contributed by atoms with Crippen molar-refractivity contribution in [1.82, 2.24) is 8.87 Å². The van der Waals surface area contributed by atoms with E-state index in [-0.39, 0.29) is 22.9 Å². The number of carbonyl (C=O) groups excluding carboxylic acids is 1. The molecule has 1 saturated heterocycles. The van der Waals surface area contributed by atoms with Gasteiger partial charge in [0.2, 0.25) is 15.9 Å². The number of amides is 1. The number of anilines is 1. The highest BCUT2D eigenvalue weighted by molar-refractivity contribution is 7.89. The van der Waals surface area contributed by atoms with Gasteiger partial charge in [-0.1, -0.05) is 18.5 Å². The van der Waals surface area contributed by atoms with Gasteiger partial charge in [0.05, 0.1) is 10.4 Å². The molecule has 168 valence electrons. The first-order valence-electron chi connectivity index (χ1n) is 10.4. The van der Waals surface area contributed by atoms with Crippen LogP contribution in [0.2, 0.25) is 5.02 Å². The third kappa shape index (κ3) is 4.72. The fourth-order valence-corrected chi connectivity index (χ4v) is 5.49. The Labute approximate surface area is 191 Å². The van der Waals surface area contributed by atoms with E-state index in [2.05, 4.69) is 12.2 Å². The summed E-state index contributed by atoms with van der Waals surface area (Å²) in [5.74, 6) is 0.146. The lowest BCUT2D eigenvalue weighted by atomic mass is 10.0. The highest BCUT2D eigenvalue weighted by Gasteiger charge is 2.28. The number of nitrogens with zero attached hydrogens (tertiary/aromatic N) is 2. The van der Waals surface area contributed by atoms with Crippen LogP contribution in [0.15, 0.2) is 64.3 Å². The highest BCUT2D eigenvalue weighted by Crippen LogP contribution is 2.25. The molecular weight excluding hydrogens is 450 g/mol. The van der Waals surface area contributed by atoms with Crippen LogP contribution in [-0.2, 0) is 21.4 Å². The van der Waals surface area contributed by atoms with Gasteiger partial charge >= 0.3 is 0 Å². The van der Waals surface area contributed by atoms with E-state index in [1.54, 1.807) is 42.5 Å². The molecule has 1 aliphatic heterocycles. The molecule has 1 fully saturated rings. The number of sulfonamides is 1. The van der Waals surface area contributed by atoms with E-state index in [1.807, 2.05) is 0 Å². The lowest BCUT2D eigenvalue weighted by molar-refractivity contribution is -0.116. The number of rotatable bonds is 5. The average Bonchev–Trinajstić information content (AvgIpc) is 2.77. The van der Waals surface area contributed by atoms with Gasteiger partial charge in [-0.05, 0) is 72.7 Å². The molecule has 2 heterocycles. The molecular formula is C23H24ClN3O4S. The van der Waals surface area contributed by atoms with E-state index in [0.717, 1.165) is 12.8 Å². The minimum Gasteiger partial charge on any atom is -0.325 e. The summed E-state index contributed by atoms with van der Waals surface area (Å²) < 4.78 is 29.0. The predicted molar refractivity (Wildman–Crippen MR) is 125 cm³/mol. The van der Waals surface area contributed by atoms with Crippen molar-refractivity contribution in [2.45, 2.75) is 31.2 Å². The Balaban J connectivity index is 1.60. The van der Waals surface area contributed by atoms with Gasteiger partial charge in [-0.2, -0.15) is 4.31 Å². The first-order valence-corrected chi connectivity index (χ1v) is 12.2. The van der Waals surface area contributed by atoms with Crippen LogP contribution >= 0.6 is 11.6 Å². The molecule has 4 rings (SSSR count). The second-order valence-electron chi connectivity index (χ2n) is 8.12. The summed E-state index contributed by atoms with van der Waals surface area (Å²) in [5, 5.41) is 3.86. The molecule has 32 heavy (non-hydrogen) atoms. The van der Waals surface area contributed by atoms with Gasteiger partial charge in [0, 0.05) is 29.9 Å². The molecule has 0 spiro atoms. The van der Waals surface area contributed by atoms with Crippen molar-refractivity contribution in [3.05, 3.63) is 70.0 Å². The topological polar surface area (TPSA) is 88.5 Å². The van der Waals surface area contributed by atoms with Crippen molar-refractivity contribution in [1.29, 1.82) is 0 Å². The number of hydrogen-bond donors (Lipinski definition) is 1. The van der Waals surface area contributed by atoms with Crippen LogP contribution in [0.1, 0.15) is 19.8 Å². The SMILES string of the molecule is CC1CCN(S(=O)(=O)c2ccc3c(ccc(=O)n3CC(=O)Nc3ccc(Cl)cc3)c2)CC1. The minimum atomic E-state index is -3.61. The molecule has 1 aliphatic rings. The zero-order valence-corrected chi connectivity index (χ0v) is 19.2. The maximum atomic E-state index is 13.1. The van der Waals surface area contributed by atoms with Crippen molar-refractivity contribution < 1.29 is 13.2 Å². The number of halogens is 1. The Hall–Kier alpha value is -2.68. The molecule has 0 radical (unpaired) electrons. The van der Waals surface area contributed by atoms with Gasteiger partial charge < -0.3 is 5.32 Å². The van der Waals surface area contributed by atoms with Gasteiger partial charge in [-0.3, -0.25) is 14.2 Å². The van der Waals surface area contributed by atoms with Gasteiger partial charge in [-0.25, -0.2) is 8.42 Å². The van der Waals surface area contributed by atoms with E-state index in [0.29, 0.717) is 40.6 Å². The number of carbonyl (C=O) groups is 1. The normalized spacial score (nSPS) is 15.7. The molecule has 7 nitrogen and oxygen atoms in total. The molecule has 0 aliphatic carbocycles. The quantitative estimate of drug-likeness (QED) is 0.611. The maximum absolute atomic E-state index is 13.1. The summed E-state index contributed by atoms with van der Waals surface area (Å²) >= 11 is 5.86. The maximum Gasteiger partial charge on any atom is 0.251 e.